The lowest BCUT2D eigenvalue weighted by Crippen LogP contribution is -2.29. The van der Waals surface area contributed by atoms with Crippen molar-refractivity contribution in [3.63, 3.8) is 0 Å². The van der Waals surface area contributed by atoms with Crippen LogP contribution in [0, 0.1) is 6.92 Å². The molecule has 0 atom stereocenters. The fraction of sp³-hybridized carbons (Fsp3) is 0.273. The Hall–Kier alpha value is -2.38. The van der Waals surface area contributed by atoms with Crippen LogP contribution in [-0.4, -0.2) is 36.2 Å². The lowest BCUT2D eigenvalue weighted by Gasteiger charge is -2.19. The molecule has 2 aliphatic rings. The van der Waals surface area contributed by atoms with E-state index < -0.39 is 0 Å². The van der Waals surface area contributed by atoms with E-state index in [0.717, 1.165) is 49.2 Å². The minimum absolute atomic E-state index is 0.0182. The van der Waals surface area contributed by atoms with Crippen molar-refractivity contribution in [2.75, 3.05) is 25.1 Å². The number of amidine groups is 1. The molecule has 0 saturated carbocycles. The maximum Gasteiger partial charge on any atom is 0.269 e. The number of thioether (sulfide) groups is 2. The molecular weight excluding hydrogens is 402 g/mol. The van der Waals surface area contributed by atoms with Crippen molar-refractivity contribution in [1.29, 1.82) is 0 Å². The molecule has 1 fully saturated rings. The molecule has 2 aromatic rings. The SMILES string of the molecule is CCN1C(=O)/C(=C2/Sc3ccc(OC)cc3N2CC)SC1=Nc1cccc(C)c1. The lowest BCUT2D eigenvalue weighted by atomic mass is 10.2. The van der Waals surface area contributed by atoms with E-state index in [1.165, 1.54) is 11.8 Å². The Labute approximate surface area is 179 Å². The third-order valence-electron chi connectivity index (χ3n) is 4.83. The number of carbonyl (C=O) groups excluding carboxylic acids is 1. The average molecular weight is 426 g/mol. The van der Waals surface area contributed by atoms with Crippen molar-refractivity contribution in [3.8, 4) is 5.75 Å². The van der Waals surface area contributed by atoms with Gasteiger partial charge in [0.25, 0.3) is 5.91 Å². The van der Waals surface area contributed by atoms with Crippen LogP contribution in [0.2, 0.25) is 0 Å². The van der Waals surface area contributed by atoms with Crippen LogP contribution in [0.25, 0.3) is 0 Å². The summed E-state index contributed by atoms with van der Waals surface area (Å²) < 4.78 is 5.39. The first-order valence-electron chi connectivity index (χ1n) is 9.58. The molecular formula is C22H23N3O2S2. The summed E-state index contributed by atoms with van der Waals surface area (Å²) >= 11 is 3.10. The quantitative estimate of drug-likeness (QED) is 0.615. The molecule has 7 heteroatoms. The van der Waals surface area contributed by atoms with Crippen LogP contribution in [0.3, 0.4) is 0 Å². The second-order valence-electron chi connectivity index (χ2n) is 6.70. The van der Waals surface area contributed by atoms with Gasteiger partial charge in [-0.2, -0.15) is 0 Å². The number of anilines is 1. The zero-order chi connectivity index (χ0) is 20.5. The largest absolute Gasteiger partial charge is 0.497 e. The molecule has 150 valence electrons. The fourth-order valence-corrected chi connectivity index (χ4v) is 5.81. The number of carbonyl (C=O) groups is 1. The van der Waals surface area contributed by atoms with Gasteiger partial charge < -0.3 is 9.64 Å². The highest BCUT2D eigenvalue weighted by atomic mass is 32.2. The summed E-state index contributed by atoms with van der Waals surface area (Å²) in [5, 5.41) is 1.70. The van der Waals surface area contributed by atoms with E-state index in [-0.39, 0.29) is 5.91 Å². The Bertz CT molecular complexity index is 1030. The monoisotopic (exact) mass is 425 g/mol. The first-order valence-corrected chi connectivity index (χ1v) is 11.2. The summed E-state index contributed by atoms with van der Waals surface area (Å²) in [6.07, 6.45) is 0. The molecule has 1 saturated heterocycles. The van der Waals surface area contributed by atoms with E-state index in [1.54, 1.807) is 23.8 Å². The lowest BCUT2D eigenvalue weighted by molar-refractivity contribution is -0.122. The highest BCUT2D eigenvalue weighted by Gasteiger charge is 2.39. The fourth-order valence-electron chi connectivity index (χ4n) is 3.38. The number of benzene rings is 2. The van der Waals surface area contributed by atoms with Crippen LogP contribution >= 0.6 is 23.5 Å². The standard InChI is InChI=1S/C22H23N3O2S2/c1-5-24-17-13-16(27-4)10-11-18(17)28-21(24)19-20(26)25(6-2)22(29-19)23-15-9-7-8-14(3)12-15/h7-13H,5-6H2,1-4H3/b21-19-,23-22?. The van der Waals surface area contributed by atoms with Crippen LogP contribution < -0.4 is 9.64 Å². The molecule has 4 rings (SSSR count). The van der Waals surface area contributed by atoms with Gasteiger partial charge in [-0.25, -0.2) is 4.99 Å². The molecule has 0 aliphatic carbocycles. The molecule has 29 heavy (non-hydrogen) atoms. The third kappa shape index (κ3) is 3.65. The van der Waals surface area contributed by atoms with Gasteiger partial charge in [-0.15, -0.1) is 0 Å². The Kier molecular flexibility index (Phi) is 5.61. The number of aryl methyl sites for hydroxylation is 1. The number of aliphatic imine (C=N–C) groups is 1. The van der Waals surface area contributed by atoms with Gasteiger partial charge in [-0.1, -0.05) is 23.9 Å². The minimum atomic E-state index is 0.0182. The van der Waals surface area contributed by atoms with E-state index in [1.807, 2.05) is 50.2 Å². The van der Waals surface area contributed by atoms with Crippen molar-refractivity contribution < 1.29 is 9.53 Å². The molecule has 0 radical (unpaired) electrons. The zero-order valence-electron chi connectivity index (χ0n) is 16.9. The summed E-state index contributed by atoms with van der Waals surface area (Å²) in [4.78, 5) is 23.8. The number of hydrogen-bond donors (Lipinski definition) is 0. The highest BCUT2D eigenvalue weighted by Crippen LogP contribution is 2.51. The van der Waals surface area contributed by atoms with E-state index in [4.69, 9.17) is 9.73 Å². The maximum absolute atomic E-state index is 13.2. The van der Waals surface area contributed by atoms with Crippen molar-refractivity contribution in [3.05, 3.63) is 58.0 Å². The molecule has 1 amide bonds. The number of amides is 1. The third-order valence-corrected chi connectivity index (χ3v) is 7.20. The molecule has 0 spiro atoms. The smallest absolute Gasteiger partial charge is 0.269 e. The van der Waals surface area contributed by atoms with Gasteiger partial charge in [0.2, 0.25) is 0 Å². The van der Waals surface area contributed by atoms with Crippen molar-refractivity contribution >= 4 is 46.0 Å². The number of fused-ring (bicyclic) bond motifs is 1. The molecule has 0 N–H and O–H groups in total. The zero-order valence-corrected chi connectivity index (χ0v) is 18.6. The molecule has 2 heterocycles. The minimum Gasteiger partial charge on any atom is -0.497 e. The Balaban J connectivity index is 1.74. The van der Waals surface area contributed by atoms with Gasteiger partial charge in [-0.05, 0) is 62.4 Å². The predicted octanol–water partition coefficient (Wildman–Crippen LogP) is 5.39. The summed E-state index contributed by atoms with van der Waals surface area (Å²) in [7, 11) is 1.67. The van der Waals surface area contributed by atoms with Gasteiger partial charge in [0.05, 0.1) is 18.5 Å². The topological polar surface area (TPSA) is 45.1 Å². The van der Waals surface area contributed by atoms with Crippen molar-refractivity contribution in [2.24, 2.45) is 4.99 Å². The predicted molar refractivity (Wildman–Crippen MR) is 122 cm³/mol. The maximum atomic E-state index is 13.2. The number of methoxy groups -OCH3 is 1. The number of hydrogen-bond acceptors (Lipinski definition) is 6. The van der Waals surface area contributed by atoms with E-state index in [0.29, 0.717) is 6.54 Å². The highest BCUT2D eigenvalue weighted by molar-refractivity contribution is 8.19. The van der Waals surface area contributed by atoms with Crippen molar-refractivity contribution in [2.45, 2.75) is 25.7 Å². The first kappa shape index (κ1) is 19.9. The van der Waals surface area contributed by atoms with E-state index in [2.05, 4.69) is 17.9 Å². The average Bonchev–Trinajstić information content (AvgIpc) is 3.23. The second kappa shape index (κ2) is 8.16. The van der Waals surface area contributed by atoms with Gasteiger partial charge in [0.1, 0.15) is 15.7 Å². The van der Waals surface area contributed by atoms with Gasteiger partial charge in [0, 0.05) is 24.1 Å². The van der Waals surface area contributed by atoms with Crippen molar-refractivity contribution in [1.82, 2.24) is 4.90 Å². The van der Waals surface area contributed by atoms with E-state index >= 15 is 0 Å². The first-order chi connectivity index (χ1) is 14.0. The summed E-state index contributed by atoms with van der Waals surface area (Å²) in [5.74, 6) is 0.834. The molecule has 0 bridgehead atoms. The van der Waals surface area contributed by atoms with Crippen LogP contribution in [0.1, 0.15) is 19.4 Å². The van der Waals surface area contributed by atoms with Gasteiger partial charge >= 0.3 is 0 Å². The number of nitrogens with zero attached hydrogens (tertiary/aromatic N) is 3. The van der Waals surface area contributed by atoms with Crippen LogP contribution in [0.5, 0.6) is 5.75 Å². The molecule has 0 aromatic heterocycles. The number of ether oxygens (including phenoxy) is 1. The van der Waals surface area contributed by atoms with Gasteiger partial charge in [0.15, 0.2) is 5.17 Å². The van der Waals surface area contributed by atoms with E-state index in [9.17, 15) is 4.79 Å². The summed E-state index contributed by atoms with van der Waals surface area (Å²) in [6.45, 7) is 7.48. The molecule has 5 nitrogen and oxygen atoms in total. The normalized spacial score (nSPS) is 20.0. The Morgan fingerprint density at radius 1 is 1.03 bits per heavy atom. The number of rotatable bonds is 4. The summed E-state index contributed by atoms with van der Waals surface area (Å²) in [5.41, 5.74) is 3.10. The molecule has 2 aliphatic heterocycles. The van der Waals surface area contributed by atoms with Gasteiger partial charge in [-0.3, -0.25) is 9.69 Å². The Morgan fingerprint density at radius 3 is 2.52 bits per heavy atom. The Morgan fingerprint density at radius 2 is 1.83 bits per heavy atom. The number of likely N-dealkylation sites (N-methyl/N-ethyl adjacent to an activating group) is 1. The second-order valence-corrected chi connectivity index (χ2v) is 8.71. The van der Waals surface area contributed by atoms with Crippen LogP contribution in [-0.2, 0) is 4.79 Å². The molecule has 0 unspecified atom stereocenters. The molecule has 2 aromatic carbocycles. The summed E-state index contributed by atoms with van der Waals surface area (Å²) in [6, 6.07) is 14.1. The van der Waals surface area contributed by atoms with Crippen LogP contribution in [0.4, 0.5) is 11.4 Å². The van der Waals surface area contributed by atoms with Crippen LogP contribution in [0.15, 0.2) is 62.3 Å².